The summed E-state index contributed by atoms with van der Waals surface area (Å²) in [5.74, 6) is -1.46. The Morgan fingerprint density at radius 1 is 1.19 bits per heavy atom. The van der Waals surface area contributed by atoms with Crippen molar-refractivity contribution in [3.8, 4) is 0 Å². The minimum absolute atomic E-state index is 0.00691. The largest absolute Gasteiger partial charge is 0.469 e. The first-order valence-electron chi connectivity index (χ1n) is 11.5. The summed E-state index contributed by atoms with van der Waals surface area (Å²) in [6, 6.07) is -0.333. The van der Waals surface area contributed by atoms with Gasteiger partial charge in [-0.05, 0) is 37.4 Å². The molecule has 0 saturated carbocycles. The van der Waals surface area contributed by atoms with Gasteiger partial charge in [-0.3, -0.25) is 14.5 Å². The first kappa shape index (κ1) is 25.8. The molecular weight excluding hydrogens is 414 g/mol. The molecule has 2 rings (SSSR count). The smallest absolute Gasteiger partial charge is 0.410 e. The number of Topliss-reactive ketones (excluding diaryl/α,β-unsaturated/α-hetero) is 1. The zero-order chi connectivity index (χ0) is 23.6. The van der Waals surface area contributed by atoms with E-state index in [1.54, 1.807) is 4.90 Å². The van der Waals surface area contributed by atoms with E-state index in [1.165, 1.54) is 14.2 Å². The van der Waals surface area contributed by atoms with E-state index in [4.69, 9.17) is 13.9 Å². The molecule has 0 aliphatic carbocycles. The highest BCUT2D eigenvalue weighted by Crippen LogP contribution is 2.52. The number of esters is 1. The molecule has 4 atom stereocenters. The predicted octanol–water partition coefficient (Wildman–Crippen LogP) is 4.55. The van der Waals surface area contributed by atoms with Crippen LogP contribution in [0.15, 0.2) is 0 Å². The Kier molecular flexibility index (Phi) is 8.01. The number of unbranched alkanes of at least 4 members (excludes halogenated alkanes) is 1. The highest BCUT2D eigenvalue weighted by molar-refractivity contribution is 6.74. The third-order valence-corrected chi connectivity index (χ3v) is 12.4. The van der Waals surface area contributed by atoms with Crippen LogP contribution in [0.5, 0.6) is 0 Å². The number of carbonyl (C=O) groups excluding carboxylic acids is 3. The molecule has 1 amide bonds. The van der Waals surface area contributed by atoms with Gasteiger partial charge < -0.3 is 13.9 Å². The summed E-state index contributed by atoms with van der Waals surface area (Å²) in [4.78, 5) is 40.6. The molecule has 2 heterocycles. The zero-order valence-corrected chi connectivity index (χ0v) is 21.6. The van der Waals surface area contributed by atoms with Crippen molar-refractivity contribution in [2.75, 3.05) is 20.8 Å². The number of hydrogen-bond donors (Lipinski definition) is 0. The fraction of sp³-hybridized carbons (Fsp3) is 0.870. The Morgan fingerprint density at radius 2 is 1.84 bits per heavy atom. The molecule has 2 saturated heterocycles. The van der Waals surface area contributed by atoms with Gasteiger partial charge in [0.1, 0.15) is 5.78 Å². The van der Waals surface area contributed by atoms with Crippen LogP contribution in [-0.2, 0) is 23.5 Å². The molecule has 0 radical (unpaired) electrons. The fourth-order valence-electron chi connectivity index (χ4n) is 4.98. The van der Waals surface area contributed by atoms with Crippen LogP contribution in [0.1, 0.15) is 66.2 Å². The molecule has 8 heteroatoms. The molecule has 2 aliphatic rings. The second kappa shape index (κ2) is 9.61. The first-order valence-corrected chi connectivity index (χ1v) is 14.4. The number of rotatable bonds is 8. The van der Waals surface area contributed by atoms with E-state index >= 15 is 0 Å². The summed E-state index contributed by atoms with van der Waals surface area (Å²) >= 11 is 0. The first-order chi connectivity index (χ1) is 14.4. The molecule has 2 fully saturated rings. The van der Waals surface area contributed by atoms with Crippen molar-refractivity contribution in [3.05, 3.63) is 0 Å². The zero-order valence-electron chi connectivity index (χ0n) is 20.6. The van der Waals surface area contributed by atoms with Gasteiger partial charge in [0.05, 0.1) is 32.1 Å². The SMILES string of the molecule is CCCC[C@@]12CC[C@@H]([C@H](CC(=O)OC)C(=O)[C@@H]1CO[Si](C)(C)C(C)(C)C)N2C(=O)OC. The maximum atomic E-state index is 13.8. The van der Waals surface area contributed by atoms with Crippen LogP contribution in [-0.4, -0.2) is 63.5 Å². The molecular formula is C23H41NO6Si. The number of amides is 1. The van der Waals surface area contributed by atoms with Crippen molar-refractivity contribution < 1.29 is 28.3 Å². The summed E-state index contributed by atoms with van der Waals surface area (Å²) in [5, 5.41) is 0.00691. The van der Waals surface area contributed by atoms with Crippen molar-refractivity contribution >= 4 is 26.2 Å². The molecule has 0 aromatic heterocycles. The van der Waals surface area contributed by atoms with Crippen LogP contribution in [0, 0.1) is 11.8 Å². The number of hydrogen-bond acceptors (Lipinski definition) is 6. The average molecular weight is 456 g/mol. The Hall–Kier alpha value is -1.41. The number of piperidine rings is 1. The normalized spacial score (nSPS) is 28.6. The Bertz CT molecular complexity index is 688. The van der Waals surface area contributed by atoms with Gasteiger partial charge in [0.15, 0.2) is 8.32 Å². The Morgan fingerprint density at radius 3 is 2.35 bits per heavy atom. The molecule has 0 unspecified atom stereocenters. The highest BCUT2D eigenvalue weighted by atomic mass is 28.4. The van der Waals surface area contributed by atoms with Gasteiger partial charge in [-0.15, -0.1) is 0 Å². The van der Waals surface area contributed by atoms with Crippen LogP contribution < -0.4 is 0 Å². The number of nitrogens with zero attached hydrogens (tertiary/aromatic N) is 1. The Labute approximate surface area is 188 Å². The van der Waals surface area contributed by atoms with E-state index in [1.807, 2.05) is 0 Å². The number of fused-ring (bicyclic) bond motifs is 2. The molecule has 0 N–H and O–H groups in total. The molecule has 2 bridgehead atoms. The fourth-order valence-corrected chi connectivity index (χ4v) is 5.99. The number of methoxy groups -OCH3 is 2. The van der Waals surface area contributed by atoms with Gasteiger partial charge in [-0.1, -0.05) is 40.5 Å². The lowest BCUT2D eigenvalue weighted by atomic mass is 9.70. The topological polar surface area (TPSA) is 82.1 Å². The number of ether oxygens (including phenoxy) is 2. The maximum Gasteiger partial charge on any atom is 0.410 e. The third kappa shape index (κ3) is 4.84. The van der Waals surface area contributed by atoms with Gasteiger partial charge in [-0.25, -0.2) is 4.79 Å². The van der Waals surface area contributed by atoms with Crippen molar-refractivity contribution in [2.45, 2.75) is 95.9 Å². The minimum atomic E-state index is -2.11. The summed E-state index contributed by atoms with van der Waals surface area (Å²) in [6.45, 7) is 13.2. The summed E-state index contributed by atoms with van der Waals surface area (Å²) in [6.07, 6.45) is 3.58. The van der Waals surface area contributed by atoms with E-state index < -0.39 is 37.8 Å². The second-order valence-electron chi connectivity index (χ2n) is 10.6. The summed E-state index contributed by atoms with van der Waals surface area (Å²) in [5.41, 5.74) is -0.611. The highest BCUT2D eigenvalue weighted by Gasteiger charge is 2.63. The van der Waals surface area contributed by atoms with Gasteiger partial charge in [-0.2, -0.15) is 0 Å². The molecule has 7 nitrogen and oxygen atoms in total. The average Bonchev–Trinajstić information content (AvgIpc) is 3.03. The molecule has 0 spiro atoms. The van der Waals surface area contributed by atoms with Crippen LogP contribution in [0.4, 0.5) is 4.79 Å². The van der Waals surface area contributed by atoms with Crippen LogP contribution in [0.3, 0.4) is 0 Å². The Balaban J connectivity index is 2.48. The molecule has 31 heavy (non-hydrogen) atoms. The molecule has 2 aliphatic heterocycles. The molecule has 0 aromatic rings. The van der Waals surface area contributed by atoms with Crippen LogP contribution in [0.25, 0.3) is 0 Å². The second-order valence-corrected chi connectivity index (χ2v) is 15.4. The predicted molar refractivity (Wildman–Crippen MR) is 121 cm³/mol. The van der Waals surface area contributed by atoms with E-state index in [-0.39, 0.29) is 29.9 Å². The molecule has 178 valence electrons. The molecule has 0 aromatic carbocycles. The maximum absolute atomic E-state index is 13.8. The van der Waals surface area contributed by atoms with E-state index in [2.05, 4.69) is 40.8 Å². The van der Waals surface area contributed by atoms with Gasteiger partial charge in [0.2, 0.25) is 0 Å². The minimum Gasteiger partial charge on any atom is -0.469 e. The van der Waals surface area contributed by atoms with Crippen LogP contribution >= 0.6 is 0 Å². The van der Waals surface area contributed by atoms with Crippen molar-refractivity contribution in [3.63, 3.8) is 0 Å². The summed E-state index contributed by atoms with van der Waals surface area (Å²) < 4.78 is 16.6. The monoisotopic (exact) mass is 455 g/mol. The van der Waals surface area contributed by atoms with Gasteiger partial charge in [0, 0.05) is 18.6 Å². The van der Waals surface area contributed by atoms with E-state index in [0.29, 0.717) is 6.42 Å². The number of carbonyl (C=O) groups is 3. The van der Waals surface area contributed by atoms with Crippen LogP contribution in [0.2, 0.25) is 18.1 Å². The lowest BCUT2D eigenvalue weighted by Gasteiger charge is -2.51. The third-order valence-electron chi connectivity index (χ3n) is 7.87. The summed E-state index contributed by atoms with van der Waals surface area (Å²) in [7, 11) is 0.594. The van der Waals surface area contributed by atoms with E-state index in [9.17, 15) is 14.4 Å². The lowest BCUT2D eigenvalue weighted by Crippen LogP contribution is -2.66. The van der Waals surface area contributed by atoms with Gasteiger partial charge >= 0.3 is 12.1 Å². The van der Waals surface area contributed by atoms with Crippen molar-refractivity contribution in [1.29, 1.82) is 0 Å². The van der Waals surface area contributed by atoms with Crippen molar-refractivity contribution in [1.82, 2.24) is 4.90 Å². The van der Waals surface area contributed by atoms with Gasteiger partial charge in [0.25, 0.3) is 0 Å². The van der Waals surface area contributed by atoms with Crippen molar-refractivity contribution in [2.24, 2.45) is 11.8 Å². The number of ketones is 1. The standard InChI is InChI=1S/C23H41NO6Si/c1-9-10-12-23-13-11-18(24(23)21(27)29-6)16(14-19(25)28-5)20(26)17(23)15-30-31(7,8)22(2,3)4/h16-18H,9-15H2,1-8H3/t16-,17-,18-,23+/m0/s1. The van der Waals surface area contributed by atoms with E-state index in [0.717, 1.165) is 25.7 Å². The lowest BCUT2D eigenvalue weighted by molar-refractivity contribution is -0.152. The quantitative estimate of drug-likeness (QED) is 0.395.